The molecular weight excluding hydrogens is 391 g/mol. The highest BCUT2D eigenvalue weighted by Crippen LogP contribution is 2.32. The smallest absolute Gasteiger partial charge is 0.390 e. The third kappa shape index (κ3) is 3.97. The number of aliphatic hydroxyl groups is 1. The predicted molar refractivity (Wildman–Crippen MR) is 85.7 cm³/mol. The summed E-state index contributed by atoms with van der Waals surface area (Å²) in [6, 6.07) is 0.111. The molecule has 6 nitrogen and oxygen atoms in total. The Morgan fingerprint density at radius 3 is 2.67 bits per heavy atom. The maximum atomic E-state index is 12.2. The molecular formula is C14H17BrF3N5O. The van der Waals surface area contributed by atoms with Crippen molar-refractivity contribution in [2.45, 2.75) is 50.4 Å². The second kappa shape index (κ2) is 6.83. The van der Waals surface area contributed by atoms with E-state index < -0.39 is 12.6 Å². The number of fused-ring (bicyclic) bond motifs is 1. The fourth-order valence-corrected chi connectivity index (χ4v) is 3.30. The number of anilines is 1. The summed E-state index contributed by atoms with van der Waals surface area (Å²) in [5.41, 5.74) is 0.577. The van der Waals surface area contributed by atoms with Crippen LogP contribution in [0.25, 0.3) is 11.0 Å². The van der Waals surface area contributed by atoms with Gasteiger partial charge in [0.05, 0.1) is 24.0 Å². The van der Waals surface area contributed by atoms with Gasteiger partial charge in [-0.05, 0) is 41.6 Å². The Bertz CT molecular complexity index is 712. The summed E-state index contributed by atoms with van der Waals surface area (Å²) in [6.07, 6.45) is -0.930. The first-order valence-electron chi connectivity index (χ1n) is 7.73. The maximum absolute atomic E-state index is 12.2. The van der Waals surface area contributed by atoms with Gasteiger partial charge in [-0.2, -0.15) is 23.3 Å². The predicted octanol–water partition coefficient (Wildman–Crippen LogP) is 3.43. The molecule has 0 aromatic carbocycles. The van der Waals surface area contributed by atoms with Crippen LogP contribution in [-0.4, -0.2) is 43.7 Å². The minimum atomic E-state index is -4.22. The highest BCUT2D eigenvalue weighted by atomic mass is 79.9. The molecule has 0 atom stereocenters. The van der Waals surface area contributed by atoms with Gasteiger partial charge in [0.1, 0.15) is 4.60 Å². The van der Waals surface area contributed by atoms with Gasteiger partial charge in [0, 0.05) is 12.7 Å². The number of hydrogen-bond acceptors (Lipinski definition) is 5. The topological polar surface area (TPSA) is 75.9 Å². The van der Waals surface area contributed by atoms with E-state index in [1.807, 2.05) is 0 Å². The monoisotopic (exact) mass is 407 g/mol. The first kappa shape index (κ1) is 17.4. The van der Waals surface area contributed by atoms with Gasteiger partial charge in [-0.3, -0.25) is 0 Å². The quantitative estimate of drug-likeness (QED) is 0.811. The molecule has 1 fully saturated rings. The lowest BCUT2D eigenvalue weighted by Gasteiger charge is -2.25. The summed E-state index contributed by atoms with van der Waals surface area (Å²) >= 11 is 3.37. The van der Waals surface area contributed by atoms with Crippen molar-refractivity contribution in [1.82, 2.24) is 19.7 Å². The lowest BCUT2D eigenvalue weighted by atomic mass is 9.93. The van der Waals surface area contributed by atoms with Crippen LogP contribution >= 0.6 is 15.9 Å². The fourth-order valence-electron chi connectivity index (χ4n) is 2.85. The second-order valence-corrected chi connectivity index (χ2v) is 6.67. The zero-order chi connectivity index (χ0) is 17.3. The fraction of sp³-hybridized carbons (Fsp3) is 0.643. The van der Waals surface area contributed by atoms with Crippen molar-refractivity contribution in [2.24, 2.45) is 0 Å². The van der Waals surface area contributed by atoms with Crippen molar-refractivity contribution in [2.75, 3.05) is 11.9 Å². The number of aliphatic hydroxyl groups excluding tert-OH is 1. The molecule has 2 N–H and O–H groups in total. The van der Waals surface area contributed by atoms with Crippen molar-refractivity contribution in [3.63, 3.8) is 0 Å². The largest absolute Gasteiger partial charge is 0.393 e. The molecule has 1 aliphatic carbocycles. The zero-order valence-corrected chi connectivity index (χ0v) is 14.3. The Balaban J connectivity index is 1.81. The third-order valence-corrected chi connectivity index (χ3v) is 4.69. The van der Waals surface area contributed by atoms with Gasteiger partial charge in [0.2, 0.25) is 5.95 Å². The summed E-state index contributed by atoms with van der Waals surface area (Å²) in [6.45, 7) is -0.278. The van der Waals surface area contributed by atoms with E-state index in [-0.39, 0.29) is 24.6 Å². The number of aromatic nitrogens is 4. The summed E-state index contributed by atoms with van der Waals surface area (Å²) < 4.78 is 39.1. The molecule has 2 aromatic rings. The van der Waals surface area contributed by atoms with E-state index in [1.54, 1.807) is 10.9 Å². The van der Waals surface area contributed by atoms with Crippen LogP contribution < -0.4 is 5.32 Å². The van der Waals surface area contributed by atoms with E-state index in [2.05, 4.69) is 36.3 Å². The van der Waals surface area contributed by atoms with Crippen LogP contribution in [0.2, 0.25) is 0 Å². The molecule has 24 heavy (non-hydrogen) atoms. The Morgan fingerprint density at radius 2 is 2.00 bits per heavy atom. The molecule has 0 bridgehead atoms. The first-order chi connectivity index (χ1) is 11.3. The molecule has 10 heteroatoms. The minimum Gasteiger partial charge on any atom is -0.393 e. The van der Waals surface area contributed by atoms with Crippen LogP contribution in [-0.2, 0) is 0 Å². The van der Waals surface area contributed by atoms with E-state index in [0.717, 1.165) is 12.8 Å². The molecule has 0 spiro atoms. The van der Waals surface area contributed by atoms with Crippen LogP contribution in [0.15, 0.2) is 10.8 Å². The summed E-state index contributed by atoms with van der Waals surface area (Å²) in [5.74, 6) is 0.149. The van der Waals surface area contributed by atoms with Crippen molar-refractivity contribution >= 4 is 32.9 Å². The highest BCUT2D eigenvalue weighted by Gasteiger charge is 2.27. The van der Waals surface area contributed by atoms with E-state index in [0.29, 0.717) is 28.5 Å². The van der Waals surface area contributed by atoms with Crippen LogP contribution in [0.5, 0.6) is 0 Å². The van der Waals surface area contributed by atoms with Crippen molar-refractivity contribution < 1.29 is 18.3 Å². The number of rotatable bonds is 4. The van der Waals surface area contributed by atoms with E-state index in [9.17, 15) is 18.3 Å². The van der Waals surface area contributed by atoms with Crippen LogP contribution in [0, 0.1) is 0 Å². The van der Waals surface area contributed by atoms with Crippen LogP contribution in [0.1, 0.15) is 38.1 Å². The average molecular weight is 408 g/mol. The molecule has 3 rings (SSSR count). The molecule has 0 unspecified atom stereocenters. The molecule has 0 aliphatic heterocycles. The van der Waals surface area contributed by atoms with Gasteiger partial charge in [-0.15, -0.1) is 0 Å². The van der Waals surface area contributed by atoms with Gasteiger partial charge < -0.3 is 10.4 Å². The second-order valence-electron chi connectivity index (χ2n) is 5.92. The average Bonchev–Trinajstić information content (AvgIpc) is 2.83. The molecule has 2 aromatic heterocycles. The molecule has 1 aliphatic rings. The van der Waals surface area contributed by atoms with Gasteiger partial charge in [-0.25, -0.2) is 9.67 Å². The summed E-state index contributed by atoms with van der Waals surface area (Å²) in [5, 5.41) is 17.4. The standard InChI is InChI=1S/C14H17BrF3N5O/c15-11-10-7-20-13(19-6-5-14(16,17)18)21-12(10)23(22-11)8-1-3-9(24)4-2-8/h7-9,24H,1-6H2,(H,19,20,21). The number of halogens is 4. The molecule has 0 radical (unpaired) electrons. The molecule has 0 amide bonds. The van der Waals surface area contributed by atoms with Crippen molar-refractivity contribution in [1.29, 1.82) is 0 Å². The van der Waals surface area contributed by atoms with Gasteiger partial charge >= 0.3 is 6.18 Å². The number of hydrogen-bond donors (Lipinski definition) is 2. The normalized spacial score (nSPS) is 22.0. The molecule has 1 saturated carbocycles. The molecule has 132 valence electrons. The van der Waals surface area contributed by atoms with Crippen molar-refractivity contribution in [3.05, 3.63) is 10.8 Å². The SMILES string of the molecule is OC1CCC(n2nc(Br)c3cnc(NCCC(F)(F)F)nc32)CC1. The Morgan fingerprint density at radius 1 is 1.29 bits per heavy atom. The van der Waals surface area contributed by atoms with Crippen LogP contribution in [0.4, 0.5) is 19.1 Å². The minimum absolute atomic E-state index is 0.111. The van der Waals surface area contributed by atoms with Gasteiger partial charge in [0.25, 0.3) is 0 Å². The highest BCUT2D eigenvalue weighted by molar-refractivity contribution is 9.10. The molecule has 2 heterocycles. The Labute approximate surface area is 144 Å². The third-order valence-electron chi connectivity index (χ3n) is 4.11. The first-order valence-corrected chi connectivity index (χ1v) is 8.52. The lowest BCUT2D eigenvalue weighted by Crippen LogP contribution is -2.22. The lowest BCUT2D eigenvalue weighted by molar-refractivity contribution is -0.131. The Kier molecular flexibility index (Phi) is 4.95. The maximum Gasteiger partial charge on any atom is 0.390 e. The Hall–Kier alpha value is -1.42. The number of nitrogens with one attached hydrogen (secondary N) is 1. The van der Waals surface area contributed by atoms with Crippen LogP contribution in [0.3, 0.4) is 0 Å². The van der Waals surface area contributed by atoms with Crippen molar-refractivity contribution in [3.8, 4) is 0 Å². The van der Waals surface area contributed by atoms with E-state index >= 15 is 0 Å². The number of alkyl halides is 3. The zero-order valence-electron chi connectivity index (χ0n) is 12.7. The molecule has 0 saturated heterocycles. The summed E-state index contributed by atoms with van der Waals surface area (Å²) in [4.78, 5) is 8.37. The number of nitrogens with zero attached hydrogens (tertiary/aromatic N) is 4. The van der Waals surface area contributed by atoms with E-state index in [1.165, 1.54) is 0 Å². The van der Waals surface area contributed by atoms with Gasteiger partial charge in [0.15, 0.2) is 5.65 Å². The van der Waals surface area contributed by atoms with E-state index in [4.69, 9.17) is 0 Å². The summed E-state index contributed by atoms with van der Waals surface area (Å²) in [7, 11) is 0. The van der Waals surface area contributed by atoms with Gasteiger partial charge in [-0.1, -0.05) is 0 Å².